The van der Waals surface area contributed by atoms with Gasteiger partial charge in [-0.2, -0.15) is 0 Å². The molecule has 0 aromatic heterocycles. The summed E-state index contributed by atoms with van der Waals surface area (Å²) >= 11 is 0. The van der Waals surface area contributed by atoms with Gasteiger partial charge >= 0.3 is 0 Å². The first kappa shape index (κ1) is 17.1. The van der Waals surface area contributed by atoms with Crippen LogP contribution in [0.5, 0.6) is 11.5 Å². The van der Waals surface area contributed by atoms with E-state index in [0.29, 0.717) is 23.4 Å². The summed E-state index contributed by atoms with van der Waals surface area (Å²) in [6.07, 6.45) is 1.83. The highest BCUT2D eigenvalue weighted by atomic mass is 19.1. The molecule has 5 nitrogen and oxygen atoms in total. The molecule has 0 atom stereocenters. The van der Waals surface area contributed by atoms with Crippen molar-refractivity contribution in [1.82, 2.24) is 0 Å². The summed E-state index contributed by atoms with van der Waals surface area (Å²) < 4.78 is 23.4. The average molecular weight is 343 g/mol. The highest BCUT2D eigenvalue weighted by molar-refractivity contribution is 5.92. The molecule has 0 heterocycles. The van der Waals surface area contributed by atoms with E-state index in [1.54, 1.807) is 14.2 Å². The molecule has 1 saturated carbocycles. The first-order valence-electron chi connectivity index (χ1n) is 8.17. The number of benzene rings is 2. The molecule has 0 unspecified atom stereocenters. The smallest absolute Gasteiger partial charge is 0.193 e. The Hall–Kier alpha value is -2.76. The van der Waals surface area contributed by atoms with Crippen LogP contribution in [-0.4, -0.2) is 26.2 Å². The summed E-state index contributed by atoms with van der Waals surface area (Å²) in [6.45, 7) is 0. The first-order chi connectivity index (χ1) is 12.1. The molecule has 0 aliphatic heterocycles. The second-order valence-electron chi connectivity index (χ2n) is 6.08. The third kappa shape index (κ3) is 4.02. The predicted molar refractivity (Wildman–Crippen MR) is 97.0 cm³/mol. The number of methoxy groups -OCH3 is 2. The van der Waals surface area contributed by atoms with Gasteiger partial charge in [0.2, 0.25) is 0 Å². The van der Waals surface area contributed by atoms with E-state index in [1.165, 1.54) is 12.1 Å². The number of rotatable bonds is 5. The number of guanidine groups is 1. The van der Waals surface area contributed by atoms with Crippen LogP contribution in [0.15, 0.2) is 47.5 Å². The summed E-state index contributed by atoms with van der Waals surface area (Å²) in [5, 5.41) is 3.07. The van der Waals surface area contributed by atoms with Crippen LogP contribution in [0.2, 0.25) is 0 Å². The van der Waals surface area contributed by atoms with Gasteiger partial charge in [-0.15, -0.1) is 0 Å². The lowest BCUT2D eigenvalue weighted by Gasteiger charge is -2.33. The van der Waals surface area contributed by atoms with Gasteiger partial charge in [-0.25, -0.2) is 9.38 Å². The van der Waals surface area contributed by atoms with Crippen molar-refractivity contribution in [3.05, 3.63) is 53.8 Å². The van der Waals surface area contributed by atoms with Gasteiger partial charge in [0, 0.05) is 11.8 Å². The Balaban J connectivity index is 1.57. The van der Waals surface area contributed by atoms with E-state index in [-0.39, 0.29) is 11.9 Å². The fourth-order valence-corrected chi connectivity index (χ4v) is 2.99. The number of nitrogens with zero attached hydrogens (tertiary/aromatic N) is 1. The molecule has 1 fully saturated rings. The summed E-state index contributed by atoms with van der Waals surface area (Å²) in [5.74, 6) is 1.86. The molecule has 1 aliphatic carbocycles. The van der Waals surface area contributed by atoms with Gasteiger partial charge in [0.05, 0.1) is 20.3 Å². The SMILES string of the molecule is COc1ccc(NC(N)=NC2CC(c3ccc(F)cc3)C2)cc1OC. The molecule has 132 valence electrons. The zero-order valence-electron chi connectivity index (χ0n) is 14.3. The van der Waals surface area contributed by atoms with Crippen molar-refractivity contribution >= 4 is 11.6 Å². The van der Waals surface area contributed by atoms with Crippen molar-refractivity contribution < 1.29 is 13.9 Å². The molecule has 0 radical (unpaired) electrons. The molecular weight excluding hydrogens is 321 g/mol. The summed E-state index contributed by atoms with van der Waals surface area (Å²) in [7, 11) is 3.18. The predicted octanol–water partition coefficient (Wildman–Crippen LogP) is 3.52. The first-order valence-corrected chi connectivity index (χ1v) is 8.17. The highest BCUT2D eigenvalue weighted by Gasteiger charge is 2.30. The van der Waals surface area contributed by atoms with E-state index in [9.17, 15) is 4.39 Å². The zero-order valence-corrected chi connectivity index (χ0v) is 14.3. The van der Waals surface area contributed by atoms with E-state index in [2.05, 4.69) is 10.3 Å². The Labute approximate surface area is 146 Å². The van der Waals surface area contributed by atoms with Gasteiger partial charge in [-0.3, -0.25) is 0 Å². The van der Waals surface area contributed by atoms with Crippen LogP contribution < -0.4 is 20.5 Å². The van der Waals surface area contributed by atoms with Crippen LogP contribution in [0.1, 0.15) is 24.3 Å². The normalized spacial score (nSPS) is 19.9. The van der Waals surface area contributed by atoms with Crippen LogP contribution in [0, 0.1) is 5.82 Å². The van der Waals surface area contributed by atoms with E-state index in [0.717, 1.165) is 24.1 Å². The third-order valence-corrected chi connectivity index (χ3v) is 4.43. The Kier molecular flexibility index (Phi) is 5.07. The minimum absolute atomic E-state index is 0.183. The van der Waals surface area contributed by atoms with Crippen molar-refractivity contribution in [3.8, 4) is 11.5 Å². The van der Waals surface area contributed by atoms with Crippen molar-refractivity contribution in [2.45, 2.75) is 24.8 Å². The van der Waals surface area contributed by atoms with Crippen LogP contribution in [0.3, 0.4) is 0 Å². The summed E-state index contributed by atoms with van der Waals surface area (Å²) in [4.78, 5) is 4.51. The second kappa shape index (κ2) is 7.42. The van der Waals surface area contributed by atoms with Crippen LogP contribution >= 0.6 is 0 Å². The maximum atomic E-state index is 13.0. The number of aliphatic imine (C=N–C) groups is 1. The minimum atomic E-state index is -0.207. The fourth-order valence-electron chi connectivity index (χ4n) is 2.99. The maximum Gasteiger partial charge on any atom is 0.193 e. The molecule has 0 bridgehead atoms. The van der Waals surface area contributed by atoms with Gasteiger partial charge < -0.3 is 20.5 Å². The molecule has 0 amide bonds. The number of nitrogens with two attached hydrogens (primary N) is 1. The van der Waals surface area contributed by atoms with Crippen LogP contribution in [-0.2, 0) is 0 Å². The quantitative estimate of drug-likeness (QED) is 0.644. The third-order valence-electron chi connectivity index (χ3n) is 4.43. The molecule has 0 saturated heterocycles. The zero-order chi connectivity index (χ0) is 17.8. The Morgan fingerprint density at radius 1 is 1.08 bits per heavy atom. The monoisotopic (exact) mass is 343 g/mol. The van der Waals surface area contributed by atoms with Crippen molar-refractivity contribution in [1.29, 1.82) is 0 Å². The van der Waals surface area contributed by atoms with Gasteiger partial charge in [-0.1, -0.05) is 12.1 Å². The second-order valence-corrected chi connectivity index (χ2v) is 6.08. The van der Waals surface area contributed by atoms with Crippen LogP contribution in [0.4, 0.5) is 10.1 Å². The fraction of sp³-hybridized carbons (Fsp3) is 0.316. The topological polar surface area (TPSA) is 68.9 Å². The van der Waals surface area contributed by atoms with Gasteiger partial charge in [-0.05, 0) is 48.6 Å². The Morgan fingerprint density at radius 2 is 1.76 bits per heavy atom. The minimum Gasteiger partial charge on any atom is -0.493 e. The summed E-state index contributed by atoms with van der Waals surface area (Å²) in [6, 6.07) is 12.3. The van der Waals surface area contributed by atoms with Gasteiger partial charge in [0.15, 0.2) is 17.5 Å². The molecular formula is C19H22FN3O2. The number of hydrogen-bond acceptors (Lipinski definition) is 3. The number of halogens is 1. The van der Waals surface area contributed by atoms with E-state index < -0.39 is 0 Å². The number of nitrogens with one attached hydrogen (secondary N) is 1. The maximum absolute atomic E-state index is 13.0. The number of anilines is 1. The molecule has 2 aromatic carbocycles. The lowest BCUT2D eigenvalue weighted by molar-refractivity contribution is 0.353. The van der Waals surface area contributed by atoms with E-state index in [4.69, 9.17) is 15.2 Å². The summed E-state index contributed by atoms with van der Waals surface area (Å²) in [5.41, 5.74) is 7.94. The Morgan fingerprint density at radius 3 is 2.40 bits per heavy atom. The van der Waals surface area contributed by atoms with Gasteiger partial charge in [0.25, 0.3) is 0 Å². The lowest BCUT2D eigenvalue weighted by Crippen LogP contribution is -2.31. The average Bonchev–Trinajstić information content (AvgIpc) is 2.58. The molecule has 3 N–H and O–H groups in total. The van der Waals surface area contributed by atoms with Gasteiger partial charge in [0.1, 0.15) is 5.82 Å². The molecule has 6 heteroatoms. The number of ether oxygens (including phenoxy) is 2. The lowest BCUT2D eigenvalue weighted by atomic mass is 9.76. The van der Waals surface area contributed by atoms with Crippen molar-refractivity contribution in [2.75, 3.05) is 19.5 Å². The number of hydrogen-bond donors (Lipinski definition) is 2. The molecule has 2 aromatic rings. The van der Waals surface area contributed by atoms with E-state index >= 15 is 0 Å². The molecule has 25 heavy (non-hydrogen) atoms. The molecule has 1 aliphatic rings. The molecule has 3 rings (SSSR count). The Bertz CT molecular complexity index is 756. The van der Waals surface area contributed by atoms with E-state index in [1.807, 2.05) is 30.3 Å². The largest absolute Gasteiger partial charge is 0.493 e. The van der Waals surface area contributed by atoms with Crippen molar-refractivity contribution in [3.63, 3.8) is 0 Å². The standard InChI is InChI=1S/C19H22FN3O2/c1-24-17-8-7-15(11-18(17)25-2)22-19(21)23-16-9-13(10-16)12-3-5-14(20)6-4-12/h3-8,11,13,16H,9-10H2,1-2H3,(H3,21,22,23). The molecule has 0 spiro atoms. The van der Waals surface area contributed by atoms with Crippen molar-refractivity contribution in [2.24, 2.45) is 10.7 Å². The highest BCUT2D eigenvalue weighted by Crippen LogP contribution is 2.38. The van der Waals surface area contributed by atoms with Crippen LogP contribution in [0.25, 0.3) is 0 Å².